The van der Waals surface area contributed by atoms with E-state index in [9.17, 15) is 9.18 Å². The molecule has 5 rings (SSSR count). The number of benzene rings is 2. The van der Waals surface area contributed by atoms with Crippen LogP contribution in [0.5, 0.6) is 0 Å². The van der Waals surface area contributed by atoms with Crippen molar-refractivity contribution in [1.29, 1.82) is 0 Å². The summed E-state index contributed by atoms with van der Waals surface area (Å²) in [5.41, 5.74) is 3.93. The number of nitrogens with one attached hydrogen (secondary N) is 1. The fourth-order valence-electron chi connectivity index (χ4n) is 4.31. The maximum atomic E-state index is 13.2. The molecule has 6 heteroatoms. The predicted octanol–water partition coefficient (Wildman–Crippen LogP) is 3.63. The molecule has 0 bridgehead atoms. The number of hydrogen-bond donors (Lipinski definition) is 1. The lowest BCUT2D eigenvalue weighted by atomic mass is 10.1. The topological polar surface area (TPSA) is 43.8 Å². The molecule has 1 N–H and O–H groups in total. The number of piperazine rings is 1. The Balaban J connectivity index is 1.37. The zero-order chi connectivity index (χ0) is 20.0. The molecular weight excluding hydrogens is 367 g/mol. The van der Waals surface area contributed by atoms with Gasteiger partial charge in [-0.05, 0) is 55.0 Å². The van der Waals surface area contributed by atoms with Crippen LogP contribution in [0.2, 0.25) is 0 Å². The van der Waals surface area contributed by atoms with Gasteiger partial charge in [0, 0.05) is 44.1 Å². The van der Waals surface area contributed by atoms with Gasteiger partial charge in [-0.1, -0.05) is 12.1 Å². The molecule has 1 fully saturated rings. The molecule has 4 aromatic rings. The van der Waals surface area contributed by atoms with Crippen molar-refractivity contribution in [3.05, 3.63) is 82.5 Å². The van der Waals surface area contributed by atoms with Crippen molar-refractivity contribution >= 4 is 22.2 Å². The maximum Gasteiger partial charge on any atom is 0.258 e. The van der Waals surface area contributed by atoms with E-state index in [-0.39, 0.29) is 11.4 Å². The molecule has 3 heterocycles. The van der Waals surface area contributed by atoms with E-state index in [4.69, 9.17) is 0 Å². The molecule has 1 aliphatic heterocycles. The standard InChI is InChI=1S/C23H23FN4O/c1-16-13-27(19-8-6-18(24)7-9-19)11-10-26(16)14-17-12-22-25-23(29)20-4-2-3-5-21(20)28(22)15-17/h2-9,12,15-16H,10-11,13-14H2,1H3,(H,25,29). The van der Waals surface area contributed by atoms with Gasteiger partial charge in [-0.25, -0.2) is 4.39 Å². The molecule has 1 aliphatic rings. The number of fused-ring (bicyclic) bond motifs is 3. The Hall–Kier alpha value is -3.12. The molecule has 1 atom stereocenters. The number of aromatic nitrogens is 2. The van der Waals surface area contributed by atoms with Crippen molar-refractivity contribution in [2.45, 2.75) is 19.5 Å². The van der Waals surface area contributed by atoms with E-state index in [1.165, 1.54) is 17.7 Å². The SMILES string of the molecule is CC1CN(c2ccc(F)cc2)CCN1Cc1cc2[nH]c(=O)c3ccccc3n2c1. The molecule has 2 aromatic carbocycles. The second kappa shape index (κ2) is 7.04. The van der Waals surface area contributed by atoms with Gasteiger partial charge in [-0.15, -0.1) is 0 Å². The molecule has 148 valence electrons. The van der Waals surface area contributed by atoms with Crippen LogP contribution in [-0.4, -0.2) is 40.0 Å². The first-order valence-electron chi connectivity index (χ1n) is 9.95. The van der Waals surface area contributed by atoms with E-state index < -0.39 is 0 Å². The fourth-order valence-corrected chi connectivity index (χ4v) is 4.31. The Morgan fingerprint density at radius 3 is 2.69 bits per heavy atom. The third kappa shape index (κ3) is 3.29. The van der Waals surface area contributed by atoms with E-state index in [1.807, 2.05) is 36.4 Å². The molecule has 0 aliphatic carbocycles. The minimum atomic E-state index is -0.202. The van der Waals surface area contributed by atoms with Gasteiger partial charge in [0.15, 0.2) is 0 Å². The van der Waals surface area contributed by atoms with E-state index in [2.05, 4.69) is 38.4 Å². The number of hydrogen-bond acceptors (Lipinski definition) is 3. The van der Waals surface area contributed by atoms with Crippen LogP contribution in [0.25, 0.3) is 16.6 Å². The molecule has 1 unspecified atom stereocenters. The lowest BCUT2D eigenvalue weighted by Gasteiger charge is -2.41. The number of halogens is 1. The number of H-pyrrole nitrogens is 1. The normalized spacial score (nSPS) is 18.0. The highest BCUT2D eigenvalue weighted by molar-refractivity contribution is 5.80. The Bertz CT molecular complexity index is 1230. The number of rotatable bonds is 3. The number of aromatic amines is 1. The van der Waals surface area contributed by atoms with Gasteiger partial charge in [-0.2, -0.15) is 0 Å². The molecule has 0 radical (unpaired) electrons. The predicted molar refractivity (Wildman–Crippen MR) is 114 cm³/mol. The van der Waals surface area contributed by atoms with Crippen molar-refractivity contribution < 1.29 is 4.39 Å². The van der Waals surface area contributed by atoms with Gasteiger partial charge in [0.05, 0.1) is 10.9 Å². The van der Waals surface area contributed by atoms with Gasteiger partial charge in [-0.3, -0.25) is 9.69 Å². The Kier molecular flexibility index (Phi) is 4.36. The zero-order valence-corrected chi connectivity index (χ0v) is 16.3. The van der Waals surface area contributed by atoms with Crippen molar-refractivity contribution in [3.8, 4) is 0 Å². The maximum absolute atomic E-state index is 13.2. The third-order valence-corrected chi connectivity index (χ3v) is 5.87. The highest BCUT2D eigenvalue weighted by atomic mass is 19.1. The summed E-state index contributed by atoms with van der Waals surface area (Å²) in [6.07, 6.45) is 2.12. The van der Waals surface area contributed by atoms with E-state index in [0.29, 0.717) is 11.4 Å². The van der Waals surface area contributed by atoms with Crippen LogP contribution < -0.4 is 10.5 Å². The summed E-state index contributed by atoms with van der Waals surface area (Å²) in [6, 6.07) is 16.8. The summed E-state index contributed by atoms with van der Waals surface area (Å²) < 4.78 is 15.3. The van der Waals surface area contributed by atoms with E-state index >= 15 is 0 Å². The van der Waals surface area contributed by atoms with Crippen molar-refractivity contribution in [2.75, 3.05) is 24.5 Å². The average Bonchev–Trinajstić information content (AvgIpc) is 3.13. The fraction of sp³-hybridized carbons (Fsp3) is 0.261. The molecule has 2 aromatic heterocycles. The van der Waals surface area contributed by atoms with Crippen LogP contribution >= 0.6 is 0 Å². The Labute approximate surface area is 168 Å². The van der Waals surface area contributed by atoms with Crippen LogP contribution in [0.15, 0.2) is 65.6 Å². The number of nitrogens with zero attached hydrogens (tertiary/aromatic N) is 3. The van der Waals surface area contributed by atoms with Crippen LogP contribution in [-0.2, 0) is 6.54 Å². The molecule has 0 saturated carbocycles. The van der Waals surface area contributed by atoms with Crippen LogP contribution in [0.1, 0.15) is 12.5 Å². The summed E-state index contributed by atoms with van der Waals surface area (Å²) in [4.78, 5) is 20.1. The molecule has 29 heavy (non-hydrogen) atoms. The number of para-hydroxylation sites is 1. The first kappa shape index (κ1) is 17.9. The summed E-state index contributed by atoms with van der Waals surface area (Å²) in [6.45, 7) is 5.79. The van der Waals surface area contributed by atoms with Gasteiger partial charge >= 0.3 is 0 Å². The van der Waals surface area contributed by atoms with E-state index in [0.717, 1.165) is 43.0 Å². The highest BCUT2D eigenvalue weighted by Gasteiger charge is 2.24. The van der Waals surface area contributed by atoms with Crippen LogP contribution in [0.4, 0.5) is 10.1 Å². The number of anilines is 1. The molecule has 0 spiro atoms. The van der Waals surface area contributed by atoms with Gasteiger partial charge < -0.3 is 14.3 Å². The molecule has 5 nitrogen and oxygen atoms in total. The first-order chi connectivity index (χ1) is 14.1. The second-order valence-electron chi connectivity index (χ2n) is 7.82. The zero-order valence-electron chi connectivity index (χ0n) is 16.3. The molecule has 0 amide bonds. The summed E-state index contributed by atoms with van der Waals surface area (Å²) in [7, 11) is 0. The lowest BCUT2D eigenvalue weighted by molar-refractivity contribution is 0.181. The lowest BCUT2D eigenvalue weighted by Crippen LogP contribution is -2.51. The third-order valence-electron chi connectivity index (χ3n) is 5.87. The van der Waals surface area contributed by atoms with E-state index in [1.54, 1.807) is 0 Å². The summed E-state index contributed by atoms with van der Waals surface area (Å²) in [5, 5.41) is 0.698. The van der Waals surface area contributed by atoms with Gasteiger partial charge in [0.1, 0.15) is 11.5 Å². The van der Waals surface area contributed by atoms with Crippen LogP contribution in [0.3, 0.4) is 0 Å². The smallest absolute Gasteiger partial charge is 0.258 e. The second-order valence-corrected chi connectivity index (χ2v) is 7.82. The first-order valence-corrected chi connectivity index (χ1v) is 9.95. The molecule has 1 saturated heterocycles. The minimum Gasteiger partial charge on any atom is -0.369 e. The largest absolute Gasteiger partial charge is 0.369 e. The Morgan fingerprint density at radius 1 is 1.10 bits per heavy atom. The highest BCUT2D eigenvalue weighted by Crippen LogP contribution is 2.22. The average molecular weight is 390 g/mol. The minimum absolute atomic E-state index is 0.0565. The summed E-state index contributed by atoms with van der Waals surface area (Å²) >= 11 is 0. The summed E-state index contributed by atoms with van der Waals surface area (Å²) in [5.74, 6) is -0.202. The monoisotopic (exact) mass is 390 g/mol. The van der Waals surface area contributed by atoms with Crippen LogP contribution in [0, 0.1) is 5.82 Å². The molecular formula is C23H23FN4O. The van der Waals surface area contributed by atoms with Gasteiger partial charge in [0.2, 0.25) is 0 Å². The quantitative estimate of drug-likeness (QED) is 0.581. The van der Waals surface area contributed by atoms with Gasteiger partial charge in [0.25, 0.3) is 5.56 Å². The Morgan fingerprint density at radius 2 is 1.90 bits per heavy atom. The van der Waals surface area contributed by atoms with Crippen molar-refractivity contribution in [1.82, 2.24) is 14.3 Å². The van der Waals surface area contributed by atoms with Crippen molar-refractivity contribution in [2.24, 2.45) is 0 Å². The van der Waals surface area contributed by atoms with Crippen molar-refractivity contribution in [3.63, 3.8) is 0 Å².